The number of hydrogen-bond donors (Lipinski definition) is 1. The van der Waals surface area contributed by atoms with Gasteiger partial charge in [-0.2, -0.15) is 5.10 Å². The summed E-state index contributed by atoms with van der Waals surface area (Å²) >= 11 is 6.23. The molecular formula is C14H16ClN3. The molecule has 0 atom stereocenters. The molecule has 0 spiro atoms. The Bertz CT molecular complexity index is 558. The molecule has 1 aliphatic carbocycles. The fraction of sp³-hybridized carbons (Fsp3) is 0.357. The average Bonchev–Trinajstić information content (AvgIpc) is 3.09. The van der Waals surface area contributed by atoms with Gasteiger partial charge in [0.2, 0.25) is 0 Å². The van der Waals surface area contributed by atoms with Crippen LogP contribution >= 0.6 is 11.6 Å². The standard InChI is InChI=1S/C14H16ClN3/c1-18-9-12(8-17-18)10-2-5-14(15)11(6-10)7-16-13-3-4-13/h2,5-6,8-9,13,16H,3-4,7H2,1H3. The molecule has 1 aromatic carbocycles. The van der Waals surface area contributed by atoms with Crippen molar-refractivity contribution < 1.29 is 0 Å². The molecule has 94 valence electrons. The van der Waals surface area contributed by atoms with E-state index >= 15 is 0 Å². The maximum atomic E-state index is 6.23. The van der Waals surface area contributed by atoms with Crippen LogP contribution in [0, 0.1) is 0 Å². The second-order valence-corrected chi connectivity index (χ2v) is 5.27. The van der Waals surface area contributed by atoms with Crippen molar-refractivity contribution in [1.29, 1.82) is 0 Å². The highest BCUT2D eigenvalue weighted by atomic mass is 35.5. The molecule has 3 rings (SSSR count). The predicted octanol–water partition coefficient (Wildman–Crippen LogP) is 2.99. The molecule has 0 aliphatic heterocycles. The molecule has 1 aromatic heterocycles. The minimum absolute atomic E-state index is 0.697. The molecule has 0 saturated heterocycles. The van der Waals surface area contributed by atoms with E-state index in [0.717, 1.165) is 22.7 Å². The topological polar surface area (TPSA) is 29.9 Å². The summed E-state index contributed by atoms with van der Waals surface area (Å²) in [5.41, 5.74) is 3.45. The highest BCUT2D eigenvalue weighted by molar-refractivity contribution is 6.31. The molecule has 3 nitrogen and oxygen atoms in total. The molecular weight excluding hydrogens is 246 g/mol. The first-order chi connectivity index (χ1) is 8.72. The van der Waals surface area contributed by atoms with Crippen LogP contribution in [0.1, 0.15) is 18.4 Å². The Morgan fingerprint density at radius 3 is 2.89 bits per heavy atom. The quantitative estimate of drug-likeness (QED) is 0.917. The van der Waals surface area contributed by atoms with E-state index < -0.39 is 0 Å². The van der Waals surface area contributed by atoms with Crippen LogP contribution in [0.15, 0.2) is 30.6 Å². The summed E-state index contributed by atoms with van der Waals surface area (Å²) in [5, 5.41) is 8.52. The lowest BCUT2D eigenvalue weighted by molar-refractivity contribution is 0.688. The first-order valence-corrected chi connectivity index (χ1v) is 6.61. The first kappa shape index (κ1) is 11.8. The third-order valence-electron chi connectivity index (χ3n) is 3.24. The van der Waals surface area contributed by atoms with Crippen LogP contribution in [0.3, 0.4) is 0 Å². The van der Waals surface area contributed by atoms with Crippen molar-refractivity contribution >= 4 is 11.6 Å². The van der Waals surface area contributed by atoms with Crippen molar-refractivity contribution in [3.05, 3.63) is 41.2 Å². The van der Waals surface area contributed by atoms with Crippen LogP contribution in [-0.4, -0.2) is 15.8 Å². The van der Waals surface area contributed by atoms with Gasteiger partial charge in [-0.25, -0.2) is 0 Å². The Hall–Kier alpha value is -1.32. The molecule has 0 unspecified atom stereocenters. The zero-order valence-corrected chi connectivity index (χ0v) is 11.1. The van der Waals surface area contributed by atoms with Crippen LogP contribution in [0.4, 0.5) is 0 Å². The summed E-state index contributed by atoms with van der Waals surface area (Å²) < 4.78 is 1.81. The van der Waals surface area contributed by atoms with Gasteiger partial charge in [0.25, 0.3) is 0 Å². The van der Waals surface area contributed by atoms with Crippen LogP contribution < -0.4 is 5.32 Å². The van der Waals surface area contributed by atoms with E-state index in [9.17, 15) is 0 Å². The summed E-state index contributed by atoms with van der Waals surface area (Å²) in [6.07, 6.45) is 6.47. The van der Waals surface area contributed by atoms with E-state index in [2.05, 4.69) is 16.5 Å². The number of hydrogen-bond acceptors (Lipinski definition) is 2. The number of benzene rings is 1. The van der Waals surface area contributed by atoms with Crippen LogP contribution in [0.5, 0.6) is 0 Å². The normalized spacial score (nSPS) is 15.0. The van der Waals surface area contributed by atoms with Gasteiger partial charge in [-0.3, -0.25) is 4.68 Å². The zero-order valence-electron chi connectivity index (χ0n) is 10.4. The van der Waals surface area contributed by atoms with Gasteiger partial charge in [0.15, 0.2) is 0 Å². The molecule has 0 amide bonds. The SMILES string of the molecule is Cn1cc(-c2ccc(Cl)c(CNC3CC3)c2)cn1. The Kier molecular flexibility index (Phi) is 3.10. The van der Waals surface area contributed by atoms with Crippen molar-refractivity contribution in [1.82, 2.24) is 15.1 Å². The van der Waals surface area contributed by atoms with Crippen molar-refractivity contribution in [3.63, 3.8) is 0 Å². The molecule has 4 heteroatoms. The lowest BCUT2D eigenvalue weighted by Gasteiger charge is -2.07. The fourth-order valence-electron chi connectivity index (χ4n) is 2.00. The van der Waals surface area contributed by atoms with Gasteiger partial charge in [-0.15, -0.1) is 0 Å². The van der Waals surface area contributed by atoms with Crippen LogP contribution in [0.25, 0.3) is 11.1 Å². The Morgan fingerprint density at radius 2 is 2.22 bits per heavy atom. The van der Waals surface area contributed by atoms with E-state index in [4.69, 9.17) is 11.6 Å². The Labute approximate surface area is 112 Å². The summed E-state index contributed by atoms with van der Waals surface area (Å²) in [7, 11) is 1.93. The maximum absolute atomic E-state index is 6.23. The number of nitrogens with one attached hydrogen (secondary N) is 1. The molecule has 1 aliphatic rings. The van der Waals surface area contributed by atoms with E-state index in [0.29, 0.717) is 6.04 Å². The van der Waals surface area contributed by atoms with E-state index in [1.165, 1.54) is 18.4 Å². The molecule has 1 saturated carbocycles. The van der Waals surface area contributed by atoms with Gasteiger partial charge in [-0.1, -0.05) is 17.7 Å². The van der Waals surface area contributed by atoms with Crippen LogP contribution in [0.2, 0.25) is 5.02 Å². The molecule has 18 heavy (non-hydrogen) atoms. The molecule has 1 heterocycles. The van der Waals surface area contributed by atoms with Crippen LogP contribution in [-0.2, 0) is 13.6 Å². The van der Waals surface area contributed by atoms with E-state index in [-0.39, 0.29) is 0 Å². The zero-order chi connectivity index (χ0) is 12.5. The minimum Gasteiger partial charge on any atom is -0.310 e. The smallest absolute Gasteiger partial charge is 0.0568 e. The summed E-state index contributed by atoms with van der Waals surface area (Å²) in [6.45, 7) is 0.845. The largest absolute Gasteiger partial charge is 0.310 e. The average molecular weight is 262 g/mol. The van der Waals surface area contributed by atoms with Crippen molar-refractivity contribution in [2.75, 3.05) is 0 Å². The Balaban J connectivity index is 1.84. The van der Waals surface area contributed by atoms with Crippen molar-refractivity contribution in [2.24, 2.45) is 7.05 Å². The predicted molar refractivity (Wildman–Crippen MR) is 73.5 cm³/mol. The van der Waals surface area contributed by atoms with Crippen molar-refractivity contribution in [2.45, 2.75) is 25.4 Å². The monoisotopic (exact) mass is 261 g/mol. The molecule has 1 fully saturated rings. The molecule has 0 radical (unpaired) electrons. The number of rotatable bonds is 4. The number of aryl methyl sites for hydroxylation is 1. The number of nitrogens with zero attached hydrogens (tertiary/aromatic N) is 2. The lowest BCUT2D eigenvalue weighted by atomic mass is 10.1. The van der Waals surface area contributed by atoms with Gasteiger partial charge in [0, 0.05) is 36.4 Å². The second kappa shape index (κ2) is 4.75. The lowest BCUT2D eigenvalue weighted by Crippen LogP contribution is -2.15. The summed E-state index contributed by atoms with van der Waals surface area (Å²) in [6, 6.07) is 6.85. The summed E-state index contributed by atoms with van der Waals surface area (Å²) in [5.74, 6) is 0. The second-order valence-electron chi connectivity index (χ2n) is 4.86. The van der Waals surface area contributed by atoms with Gasteiger partial charge < -0.3 is 5.32 Å². The minimum atomic E-state index is 0.697. The van der Waals surface area contributed by atoms with Crippen molar-refractivity contribution in [3.8, 4) is 11.1 Å². The summed E-state index contributed by atoms with van der Waals surface area (Å²) in [4.78, 5) is 0. The highest BCUT2D eigenvalue weighted by Gasteiger charge is 2.20. The van der Waals surface area contributed by atoms with Gasteiger partial charge in [0.05, 0.1) is 6.20 Å². The highest BCUT2D eigenvalue weighted by Crippen LogP contribution is 2.26. The molecule has 0 bridgehead atoms. The third-order valence-corrected chi connectivity index (χ3v) is 3.61. The molecule has 2 aromatic rings. The first-order valence-electron chi connectivity index (χ1n) is 6.23. The van der Waals surface area contributed by atoms with E-state index in [1.54, 1.807) is 0 Å². The fourth-order valence-corrected chi connectivity index (χ4v) is 2.19. The Morgan fingerprint density at radius 1 is 1.39 bits per heavy atom. The van der Waals surface area contributed by atoms with Gasteiger partial charge in [-0.05, 0) is 36.1 Å². The van der Waals surface area contributed by atoms with Gasteiger partial charge >= 0.3 is 0 Å². The number of halogens is 1. The molecule has 1 N–H and O–H groups in total. The number of aromatic nitrogens is 2. The van der Waals surface area contributed by atoms with E-state index in [1.807, 2.05) is 36.3 Å². The maximum Gasteiger partial charge on any atom is 0.0568 e. The third kappa shape index (κ3) is 2.57. The van der Waals surface area contributed by atoms with Gasteiger partial charge in [0.1, 0.15) is 0 Å².